The van der Waals surface area contributed by atoms with E-state index in [4.69, 9.17) is 4.74 Å². The van der Waals surface area contributed by atoms with Crippen molar-refractivity contribution < 1.29 is 9.53 Å². The van der Waals surface area contributed by atoms with Crippen molar-refractivity contribution in [2.45, 2.75) is 19.4 Å². The van der Waals surface area contributed by atoms with Gasteiger partial charge in [0.15, 0.2) is 0 Å². The number of nitrogens with zero attached hydrogens (tertiary/aromatic N) is 1. The molecule has 1 aromatic carbocycles. The van der Waals surface area contributed by atoms with Crippen molar-refractivity contribution in [3.8, 4) is 0 Å². The summed E-state index contributed by atoms with van der Waals surface area (Å²) in [4.78, 5) is 13.3. The largest absolute Gasteiger partial charge is 0.445 e. The standard InChI is InChI=1S/C12H15NO2.ClH/c14-12(13-8-4-5-9-13)15-10-11-6-2-1-3-7-11;/h1-3,6-7H,4-5,8-10H2;1H. The molecule has 0 aromatic heterocycles. The third kappa shape index (κ3) is 3.42. The normalized spacial score (nSPS) is 14.4. The number of hydrogen-bond donors (Lipinski definition) is 0. The number of amides is 1. The Morgan fingerprint density at radius 3 is 2.44 bits per heavy atom. The van der Waals surface area contributed by atoms with Crippen LogP contribution in [0.1, 0.15) is 18.4 Å². The van der Waals surface area contributed by atoms with Crippen LogP contribution in [0.2, 0.25) is 0 Å². The number of rotatable bonds is 2. The predicted octanol–water partition coefficient (Wildman–Crippen LogP) is 2.84. The van der Waals surface area contributed by atoms with Gasteiger partial charge in [-0.25, -0.2) is 4.79 Å². The highest BCUT2D eigenvalue weighted by atomic mass is 35.5. The number of carbonyl (C=O) groups excluding carboxylic acids is 1. The van der Waals surface area contributed by atoms with Crippen molar-refractivity contribution in [3.05, 3.63) is 35.9 Å². The molecule has 1 aliphatic heterocycles. The number of hydrogen-bond acceptors (Lipinski definition) is 2. The van der Waals surface area contributed by atoms with Crippen LogP contribution >= 0.6 is 12.4 Å². The van der Waals surface area contributed by atoms with Crippen LogP contribution < -0.4 is 0 Å². The maximum Gasteiger partial charge on any atom is 0.410 e. The summed E-state index contributed by atoms with van der Waals surface area (Å²) < 4.78 is 5.20. The molecule has 0 radical (unpaired) electrons. The average Bonchev–Trinajstić information content (AvgIpc) is 2.81. The summed E-state index contributed by atoms with van der Waals surface area (Å²) in [5.41, 5.74) is 1.03. The Kier molecular flexibility index (Phi) is 5.12. The summed E-state index contributed by atoms with van der Waals surface area (Å²) in [6.45, 7) is 2.05. The van der Waals surface area contributed by atoms with Crippen LogP contribution in [0.3, 0.4) is 0 Å². The molecule has 4 heteroatoms. The highest BCUT2D eigenvalue weighted by Gasteiger charge is 2.18. The number of likely N-dealkylation sites (tertiary alicyclic amines) is 1. The van der Waals surface area contributed by atoms with Gasteiger partial charge < -0.3 is 9.64 Å². The fraction of sp³-hybridized carbons (Fsp3) is 0.417. The summed E-state index contributed by atoms with van der Waals surface area (Å²) in [7, 11) is 0. The molecular weight excluding hydrogens is 226 g/mol. The van der Waals surface area contributed by atoms with E-state index in [1.165, 1.54) is 0 Å². The van der Waals surface area contributed by atoms with Crippen molar-refractivity contribution in [1.82, 2.24) is 4.90 Å². The maximum atomic E-state index is 11.5. The van der Waals surface area contributed by atoms with Crippen molar-refractivity contribution in [2.24, 2.45) is 0 Å². The molecule has 0 unspecified atom stereocenters. The summed E-state index contributed by atoms with van der Waals surface area (Å²) in [6.07, 6.45) is 2.01. The van der Waals surface area contributed by atoms with Gasteiger partial charge in [0.2, 0.25) is 0 Å². The van der Waals surface area contributed by atoms with Gasteiger partial charge >= 0.3 is 6.09 Å². The molecule has 0 bridgehead atoms. The first-order valence-electron chi connectivity index (χ1n) is 5.32. The van der Waals surface area contributed by atoms with E-state index in [-0.39, 0.29) is 18.5 Å². The molecule has 3 nitrogen and oxygen atoms in total. The van der Waals surface area contributed by atoms with E-state index in [0.29, 0.717) is 6.61 Å². The van der Waals surface area contributed by atoms with Gasteiger partial charge in [-0.05, 0) is 18.4 Å². The second kappa shape index (κ2) is 6.38. The molecule has 88 valence electrons. The van der Waals surface area contributed by atoms with Crippen LogP contribution in [0.5, 0.6) is 0 Å². The lowest BCUT2D eigenvalue weighted by atomic mass is 10.2. The van der Waals surface area contributed by atoms with Gasteiger partial charge in [-0.3, -0.25) is 0 Å². The van der Waals surface area contributed by atoms with Crippen LogP contribution in [0.15, 0.2) is 30.3 Å². The number of carbonyl (C=O) groups is 1. The molecule has 0 atom stereocenters. The lowest BCUT2D eigenvalue weighted by Crippen LogP contribution is -2.28. The van der Waals surface area contributed by atoms with Gasteiger partial charge in [-0.15, -0.1) is 12.4 Å². The molecule has 0 spiro atoms. The van der Waals surface area contributed by atoms with Gasteiger partial charge in [0.05, 0.1) is 0 Å². The minimum Gasteiger partial charge on any atom is -0.445 e. The highest BCUT2D eigenvalue weighted by molar-refractivity contribution is 5.85. The lowest BCUT2D eigenvalue weighted by Gasteiger charge is -2.14. The topological polar surface area (TPSA) is 29.5 Å². The van der Waals surface area contributed by atoms with Gasteiger partial charge in [0.25, 0.3) is 0 Å². The Balaban J connectivity index is 0.00000128. The monoisotopic (exact) mass is 241 g/mol. The van der Waals surface area contributed by atoms with Crippen molar-refractivity contribution in [2.75, 3.05) is 13.1 Å². The number of benzene rings is 1. The highest BCUT2D eigenvalue weighted by Crippen LogP contribution is 2.10. The molecule has 1 fully saturated rings. The number of ether oxygens (including phenoxy) is 1. The quantitative estimate of drug-likeness (QED) is 0.797. The molecule has 1 aliphatic rings. The van der Waals surface area contributed by atoms with Gasteiger partial charge in [-0.1, -0.05) is 30.3 Å². The first kappa shape index (κ1) is 12.8. The van der Waals surface area contributed by atoms with Crippen LogP contribution in [-0.4, -0.2) is 24.1 Å². The first-order valence-corrected chi connectivity index (χ1v) is 5.32. The van der Waals surface area contributed by atoms with Gasteiger partial charge in [-0.2, -0.15) is 0 Å². The van der Waals surface area contributed by atoms with Gasteiger partial charge in [0, 0.05) is 13.1 Å². The Bertz CT molecular complexity index is 323. The summed E-state index contributed by atoms with van der Waals surface area (Å²) in [5.74, 6) is 0. The molecule has 1 saturated heterocycles. The van der Waals surface area contributed by atoms with E-state index < -0.39 is 0 Å². The van der Waals surface area contributed by atoms with E-state index in [1.807, 2.05) is 30.3 Å². The molecule has 1 aromatic rings. The molecule has 1 heterocycles. The minimum absolute atomic E-state index is 0. The Hall–Kier alpha value is -1.22. The number of halogens is 1. The SMILES string of the molecule is Cl.O=C(OCc1ccccc1)N1CCCC1. The van der Waals surface area contributed by atoms with E-state index in [9.17, 15) is 4.79 Å². The van der Waals surface area contributed by atoms with E-state index >= 15 is 0 Å². The average molecular weight is 242 g/mol. The maximum absolute atomic E-state index is 11.5. The summed E-state index contributed by atoms with van der Waals surface area (Å²) >= 11 is 0. The predicted molar refractivity (Wildman–Crippen MR) is 64.7 cm³/mol. The van der Waals surface area contributed by atoms with E-state index in [2.05, 4.69) is 0 Å². The van der Waals surface area contributed by atoms with Crippen LogP contribution in [-0.2, 0) is 11.3 Å². The fourth-order valence-electron chi connectivity index (χ4n) is 1.71. The zero-order valence-electron chi connectivity index (χ0n) is 9.09. The van der Waals surface area contributed by atoms with E-state index in [1.54, 1.807) is 4.90 Å². The van der Waals surface area contributed by atoms with Crippen LogP contribution in [0.25, 0.3) is 0 Å². The molecule has 0 N–H and O–H groups in total. The van der Waals surface area contributed by atoms with Crippen LogP contribution in [0, 0.1) is 0 Å². The third-order valence-electron chi connectivity index (χ3n) is 2.57. The van der Waals surface area contributed by atoms with Crippen molar-refractivity contribution >= 4 is 18.5 Å². The lowest BCUT2D eigenvalue weighted by molar-refractivity contribution is 0.104. The molecule has 0 saturated carbocycles. The Morgan fingerprint density at radius 2 is 1.81 bits per heavy atom. The first-order chi connectivity index (χ1) is 7.36. The van der Waals surface area contributed by atoms with Crippen molar-refractivity contribution in [3.63, 3.8) is 0 Å². The molecule has 0 aliphatic carbocycles. The van der Waals surface area contributed by atoms with Crippen molar-refractivity contribution in [1.29, 1.82) is 0 Å². The summed E-state index contributed by atoms with van der Waals surface area (Å²) in [5, 5.41) is 0. The fourth-order valence-corrected chi connectivity index (χ4v) is 1.71. The second-order valence-electron chi connectivity index (χ2n) is 3.73. The third-order valence-corrected chi connectivity index (χ3v) is 2.57. The molecule has 2 rings (SSSR count). The smallest absolute Gasteiger partial charge is 0.410 e. The second-order valence-corrected chi connectivity index (χ2v) is 3.73. The summed E-state index contributed by atoms with van der Waals surface area (Å²) in [6, 6.07) is 9.75. The molecular formula is C12H16ClNO2. The minimum atomic E-state index is -0.184. The van der Waals surface area contributed by atoms with Gasteiger partial charge in [0.1, 0.15) is 6.61 Å². The Morgan fingerprint density at radius 1 is 1.19 bits per heavy atom. The van der Waals surface area contributed by atoms with Crippen LogP contribution in [0.4, 0.5) is 4.79 Å². The Labute approximate surface area is 102 Å². The zero-order chi connectivity index (χ0) is 10.5. The molecule has 16 heavy (non-hydrogen) atoms. The zero-order valence-corrected chi connectivity index (χ0v) is 9.91. The van der Waals surface area contributed by atoms with E-state index in [0.717, 1.165) is 31.5 Å². The molecule has 1 amide bonds.